The first-order chi connectivity index (χ1) is 41.6. The number of rotatable bonds is 60. The van der Waals surface area contributed by atoms with E-state index in [1.807, 2.05) is 0 Å². The van der Waals surface area contributed by atoms with Crippen LogP contribution in [-0.2, 0) is 50.7 Å². The minimum absolute atomic E-state index is 0.00204. The summed E-state index contributed by atoms with van der Waals surface area (Å²) in [5.74, 6) is -0.742. The second-order valence-corrected chi connectivity index (χ2v) is 26.0. The monoisotopic (exact) mass is 1310 g/mol. The fourth-order valence-electron chi connectivity index (χ4n) is 8.86. The quantitative estimate of drug-likeness (QED) is 0.00978. The second kappa shape index (κ2) is 63.4. The van der Waals surface area contributed by atoms with Gasteiger partial charge >= 0.3 is 0 Å². The molecular formula is C59H123N9O16P3-3. The van der Waals surface area contributed by atoms with Gasteiger partial charge in [0.05, 0.1) is 13.2 Å². The summed E-state index contributed by atoms with van der Waals surface area (Å²) in [5.41, 5.74) is 21.5. The lowest BCUT2D eigenvalue weighted by Gasteiger charge is -2.26. The number of hydrogen-bond donors (Lipinski definition) is 7. The van der Waals surface area contributed by atoms with Crippen molar-refractivity contribution in [1.82, 2.24) is 15.1 Å². The summed E-state index contributed by atoms with van der Waals surface area (Å²) in [6.45, 7) is 8.69. The van der Waals surface area contributed by atoms with Gasteiger partial charge in [0.25, 0.3) is 23.5 Å². The highest BCUT2D eigenvalue weighted by Crippen LogP contribution is 2.41. The van der Waals surface area contributed by atoms with Crippen LogP contribution in [0.2, 0.25) is 0 Å². The average molecular weight is 1310 g/mol. The Hall–Kier alpha value is -2.76. The zero-order chi connectivity index (χ0) is 65.6. The summed E-state index contributed by atoms with van der Waals surface area (Å²) >= 11 is 0. The Labute approximate surface area is 525 Å². The lowest BCUT2D eigenvalue weighted by atomic mass is 10.1. The molecule has 0 spiro atoms. The van der Waals surface area contributed by atoms with Crippen molar-refractivity contribution in [3.05, 3.63) is 0 Å². The Balaban J connectivity index is -0.00000221. The molecule has 0 fully saturated rings. The smallest absolute Gasteiger partial charge is 0.270 e. The van der Waals surface area contributed by atoms with Crippen molar-refractivity contribution in [2.75, 3.05) is 72.6 Å². The van der Waals surface area contributed by atoms with E-state index in [1.54, 1.807) is 9.80 Å². The molecule has 0 aliphatic rings. The molecule has 0 aromatic heterocycles. The van der Waals surface area contributed by atoms with Crippen LogP contribution in [0, 0.1) is 0 Å². The number of guanidine groups is 2. The van der Waals surface area contributed by atoms with Gasteiger partial charge in [-0.1, -0.05) is 207 Å². The van der Waals surface area contributed by atoms with Gasteiger partial charge in [-0.05, 0) is 51.4 Å². The van der Waals surface area contributed by atoms with Crippen LogP contribution in [0.25, 0.3) is 0 Å². The van der Waals surface area contributed by atoms with Gasteiger partial charge in [0.1, 0.15) is 0 Å². The number of nitrogens with one attached hydrogen (secondary N) is 1. The van der Waals surface area contributed by atoms with E-state index < -0.39 is 37.1 Å². The summed E-state index contributed by atoms with van der Waals surface area (Å²) in [6.07, 6.45) is 40.6. The van der Waals surface area contributed by atoms with E-state index in [1.165, 1.54) is 141 Å². The molecule has 25 nitrogen and oxygen atoms in total. The first-order valence-electron chi connectivity index (χ1n) is 33.0. The Morgan fingerprint density at radius 2 is 0.770 bits per heavy atom. The molecule has 0 aromatic rings. The average Bonchev–Trinajstić information content (AvgIpc) is 3.53. The van der Waals surface area contributed by atoms with Crippen LogP contribution in [0.1, 0.15) is 278 Å². The standard InChI is InChI=1S/C33H70N9O16P3.2C13H28/c34-32(35)39-19-9-1-4-11-21-41(23-16-29(44)38-18-8-3-6-13-25-54-60(50,51)56-27-43)31(46)17-24-42(22-12-5-2-10-20-40-33(36)37)30(45)15-7-14-26-55-61(52,53)58-28-57-59(47,48)49;2*1-3-5-7-9-11-13-12-10-8-6-4-2/h43H,1-28H2,(H,38,44)(H,50,51)(H,52,53)(H4,34,35,39)(H4,36,37,40)(H2,47,48,49);2*3-13H2,1-2H3/p-3. The Morgan fingerprint density at radius 1 is 0.425 bits per heavy atom. The summed E-state index contributed by atoms with van der Waals surface area (Å²) in [7, 11) is -14.7. The lowest BCUT2D eigenvalue weighted by molar-refractivity contribution is -0.241. The van der Waals surface area contributed by atoms with Crippen LogP contribution >= 0.6 is 23.5 Å². The predicted octanol–water partition coefficient (Wildman–Crippen LogP) is 9.96. The number of amides is 3. The number of hydrogen-bond acceptors (Lipinski definition) is 17. The third-order valence-corrected chi connectivity index (χ3v) is 16.2. The lowest BCUT2D eigenvalue weighted by Crippen LogP contribution is -2.39. The Morgan fingerprint density at radius 3 is 1.17 bits per heavy atom. The zero-order valence-electron chi connectivity index (χ0n) is 54.4. The van der Waals surface area contributed by atoms with Gasteiger partial charge in [-0.25, -0.2) is 0 Å². The van der Waals surface area contributed by atoms with Crippen molar-refractivity contribution >= 4 is 53.1 Å². The van der Waals surface area contributed by atoms with Crippen LogP contribution in [0.4, 0.5) is 0 Å². The topological polar surface area (TPSA) is 406 Å². The molecule has 87 heavy (non-hydrogen) atoms. The van der Waals surface area contributed by atoms with Gasteiger partial charge in [-0.3, -0.25) is 51.6 Å². The number of aliphatic imine (C=N–C) groups is 2. The van der Waals surface area contributed by atoms with Crippen LogP contribution in [0.5, 0.6) is 0 Å². The maximum absolute atomic E-state index is 13.6. The predicted molar refractivity (Wildman–Crippen MR) is 342 cm³/mol. The normalized spacial score (nSPS) is 13.2. The van der Waals surface area contributed by atoms with Crippen LogP contribution in [-0.4, -0.2) is 122 Å². The molecule has 3 amide bonds. The molecule has 0 saturated carbocycles. The minimum atomic E-state index is -5.20. The van der Waals surface area contributed by atoms with Crippen molar-refractivity contribution in [3.8, 4) is 0 Å². The number of carbonyl (C=O) groups is 3. The van der Waals surface area contributed by atoms with Crippen LogP contribution in [0.15, 0.2) is 9.98 Å². The maximum atomic E-state index is 13.6. The molecule has 0 rings (SSSR count). The molecule has 3 unspecified atom stereocenters. The number of aliphatic hydroxyl groups is 1. The van der Waals surface area contributed by atoms with Crippen molar-refractivity contribution < 1.29 is 75.4 Å². The molecule has 0 heterocycles. The van der Waals surface area contributed by atoms with E-state index in [0.717, 1.165) is 38.5 Å². The molecule has 3 atom stereocenters. The third-order valence-electron chi connectivity index (χ3n) is 13.9. The fourth-order valence-corrected chi connectivity index (χ4v) is 10.3. The summed E-state index contributed by atoms with van der Waals surface area (Å²) < 4.78 is 55.0. The number of nitrogens with zero attached hydrogens (tertiary/aromatic N) is 4. The van der Waals surface area contributed by atoms with E-state index in [-0.39, 0.29) is 88.0 Å². The molecule has 28 heteroatoms. The number of phosphoric acid groups is 3. The van der Waals surface area contributed by atoms with Crippen LogP contribution in [0.3, 0.4) is 0 Å². The summed E-state index contributed by atoms with van der Waals surface area (Å²) in [5, 5.41) is 11.4. The van der Waals surface area contributed by atoms with Gasteiger partial charge in [0, 0.05) is 65.1 Å². The molecule has 518 valence electrons. The largest absolute Gasteiger partial charge is 0.756 e. The Kier molecular flexibility index (Phi) is 64.4. The number of aliphatic hydroxyl groups excluding tert-OH is 1. The maximum Gasteiger partial charge on any atom is 0.270 e. The van der Waals surface area contributed by atoms with Gasteiger partial charge in [-0.2, -0.15) is 0 Å². The highest BCUT2D eigenvalue weighted by molar-refractivity contribution is 7.46. The molecule has 11 N–H and O–H groups in total. The summed E-state index contributed by atoms with van der Waals surface area (Å²) in [4.78, 5) is 93.0. The van der Waals surface area contributed by atoms with E-state index in [0.29, 0.717) is 71.2 Å². The number of nitrogens with two attached hydrogens (primary N) is 4. The number of carbonyl (C=O) groups excluding carboxylic acids is 3. The van der Waals surface area contributed by atoms with E-state index in [2.05, 4.69) is 65.6 Å². The van der Waals surface area contributed by atoms with Gasteiger partial charge in [0.15, 0.2) is 25.5 Å². The fraction of sp³-hybridized carbons (Fsp3) is 0.915. The van der Waals surface area contributed by atoms with E-state index in [4.69, 9.17) is 32.9 Å². The van der Waals surface area contributed by atoms with E-state index >= 15 is 0 Å². The first kappa shape index (κ1) is 88.4. The molecule has 0 aliphatic carbocycles. The molecular weight excluding hydrogens is 1180 g/mol. The first-order valence-corrected chi connectivity index (χ1v) is 37.4. The van der Waals surface area contributed by atoms with Gasteiger partial charge < -0.3 is 71.8 Å². The zero-order valence-corrected chi connectivity index (χ0v) is 57.1. The number of unbranched alkanes of at least 4 members (excludes halogenated alkanes) is 30. The van der Waals surface area contributed by atoms with Crippen molar-refractivity contribution in [2.24, 2.45) is 32.9 Å². The van der Waals surface area contributed by atoms with Crippen molar-refractivity contribution in [1.29, 1.82) is 0 Å². The van der Waals surface area contributed by atoms with Crippen molar-refractivity contribution in [3.63, 3.8) is 0 Å². The minimum Gasteiger partial charge on any atom is -0.756 e. The third kappa shape index (κ3) is 70.6. The van der Waals surface area contributed by atoms with Crippen molar-refractivity contribution in [2.45, 2.75) is 278 Å². The molecule has 0 saturated heterocycles. The molecule has 0 aromatic carbocycles. The highest BCUT2D eigenvalue weighted by atomic mass is 31.2. The van der Waals surface area contributed by atoms with E-state index in [9.17, 15) is 42.8 Å². The summed E-state index contributed by atoms with van der Waals surface area (Å²) in [6, 6.07) is 0. The van der Waals surface area contributed by atoms with Gasteiger partial charge in [0.2, 0.25) is 17.7 Å². The Bertz CT molecular complexity index is 1780. The van der Waals surface area contributed by atoms with Gasteiger partial charge in [-0.15, -0.1) is 0 Å². The highest BCUT2D eigenvalue weighted by Gasteiger charge is 2.20. The molecule has 0 aliphatic heterocycles. The molecule has 0 radical (unpaired) electrons. The van der Waals surface area contributed by atoms with Crippen LogP contribution < -0.4 is 42.9 Å². The second-order valence-electron chi connectivity index (χ2n) is 22.0. The molecule has 0 bridgehead atoms. The number of phosphoric ester groups is 3. The SMILES string of the molecule is CCCCCCCCCCCCC.CCCCCCCCCCCCC.NC(N)=NCCCCCCN(CCC(=O)NCCCCCCOP(=O)([O-])OCO)C(=O)CCN(CCCCCCN=C(N)N)C(=O)CCCCOP(=O)([O-])OCOP(=O)([O-])O.